The normalized spacial score (nSPS) is 15.8. The van der Waals surface area contributed by atoms with Crippen LogP contribution in [0.3, 0.4) is 0 Å². The predicted molar refractivity (Wildman–Crippen MR) is 170 cm³/mol. The number of carbonyl (C=O) groups excluding carboxylic acids is 3. The second-order valence-electron chi connectivity index (χ2n) is 9.60. The molecule has 3 aromatic rings. The summed E-state index contributed by atoms with van der Waals surface area (Å²) >= 11 is 13.6. The summed E-state index contributed by atoms with van der Waals surface area (Å²) in [5.41, 5.74) is 5.64. The molecule has 2 aromatic carbocycles. The van der Waals surface area contributed by atoms with E-state index in [4.69, 9.17) is 27.9 Å². The molecule has 9 nitrogen and oxygen atoms in total. The van der Waals surface area contributed by atoms with Crippen LogP contribution < -0.4 is 20.7 Å². The third kappa shape index (κ3) is 6.80. The van der Waals surface area contributed by atoms with E-state index in [1.54, 1.807) is 43.3 Å². The average Bonchev–Trinajstić information content (AvgIpc) is 3.01. The summed E-state index contributed by atoms with van der Waals surface area (Å²) in [4.78, 5) is 43.7. The highest BCUT2D eigenvalue weighted by molar-refractivity contribution is 6.35. The first-order valence-electron chi connectivity index (χ1n) is 13.3. The molecule has 1 aliphatic heterocycles. The van der Waals surface area contributed by atoms with E-state index < -0.39 is 29.1 Å². The number of amides is 2. The Hall–Kier alpha value is -4.44. The van der Waals surface area contributed by atoms with E-state index >= 15 is 0 Å². The lowest BCUT2D eigenvalue weighted by atomic mass is 9.91. The standard InChI is InChI=1S/C32H31Cl2N5O4/c1-5-16-36-31(42)25-14-13-23(18-37-25)38(28(41)6-2)19-27(40)29-24-17-22(33)12-15-26(24)39(35-4)32(3,34)30(29)43-20-21-10-8-7-9-11-21/h5-15,17-18,35H,1-2,16,19-20H2,3-4H3,(H,36,42). The number of ether oxygens (including phenoxy) is 1. The van der Waals surface area contributed by atoms with Crippen molar-refractivity contribution in [3.8, 4) is 0 Å². The quantitative estimate of drug-likeness (QED) is 0.123. The number of alkyl halides is 1. The molecule has 0 spiro atoms. The Morgan fingerprint density at radius 2 is 1.86 bits per heavy atom. The molecule has 0 bridgehead atoms. The number of hydrogen-bond acceptors (Lipinski definition) is 7. The van der Waals surface area contributed by atoms with Gasteiger partial charge in [-0.05, 0) is 48.9 Å². The van der Waals surface area contributed by atoms with Crippen molar-refractivity contribution in [2.75, 3.05) is 30.0 Å². The Balaban J connectivity index is 1.78. The predicted octanol–water partition coefficient (Wildman–Crippen LogP) is 5.28. The van der Waals surface area contributed by atoms with E-state index in [2.05, 4.69) is 28.9 Å². The van der Waals surface area contributed by atoms with Crippen LogP contribution in [-0.2, 0) is 20.9 Å². The van der Waals surface area contributed by atoms with Crippen molar-refractivity contribution in [2.24, 2.45) is 0 Å². The monoisotopic (exact) mass is 619 g/mol. The van der Waals surface area contributed by atoms with Crippen molar-refractivity contribution >= 4 is 57.7 Å². The van der Waals surface area contributed by atoms with Gasteiger partial charge >= 0.3 is 0 Å². The summed E-state index contributed by atoms with van der Waals surface area (Å²) in [5, 5.41) is 4.72. The number of rotatable bonds is 12. The van der Waals surface area contributed by atoms with Gasteiger partial charge in [0.1, 0.15) is 12.3 Å². The number of benzene rings is 2. The first-order valence-corrected chi connectivity index (χ1v) is 14.1. The molecule has 2 heterocycles. The van der Waals surface area contributed by atoms with E-state index in [0.29, 0.717) is 22.0 Å². The fourth-order valence-electron chi connectivity index (χ4n) is 4.69. The zero-order valence-corrected chi connectivity index (χ0v) is 25.3. The maximum Gasteiger partial charge on any atom is 0.270 e. The fraction of sp³-hybridized carbons (Fsp3) is 0.188. The van der Waals surface area contributed by atoms with Gasteiger partial charge in [0.05, 0.1) is 29.7 Å². The van der Waals surface area contributed by atoms with Gasteiger partial charge in [0, 0.05) is 24.2 Å². The Kier molecular flexibility index (Phi) is 10.0. The van der Waals surface area contributed by atoms with Crippen LogP contribution >= 0.6 is 23.2 Å². The zero-order valence-electron chi connectivity index (χ0n) is 23.8. The molecule has 0 fully saturated rings. The van der Waals surface area contributed by atoms with Crippen LogP contribution in [0, 0.1) is 0 Å². The minimum Gasteiger partial charge on any atom is -0.489 e. The van der Waals surface area contributed by atoms with Crippen molar-refractivity contribution in [3.63, 3.8) is 0 Å². The fourth-order valence-corrected chi connectivity index (χ4v) is 5.18. The van der Waals surface area contributed by atoms with Gasteiger partial charge in [-0.3, -0.25) is 24.3 Å². The van der Waals surface area contributed by atoms with Gasteiger partial charge in [-0.2, -0.15) is 0 Å². The molecule has 1 aromatic heterocycles. The lowest BCUT2D eigenvalue weighted by Gasteiger charge is -2.43. The van der Waals surface area contributed by atoms with Crippen LogP contribution in [0.1, 0.15) is 28.5 Å². The van der Waals surface area contributed by atoms with Crippen LogP contribution in [0.15, 0.2) is 97.9 Å². The molecule has 222 valence electrons. The molecule has 2 amide bonds. The van der Waals surface area contributed by atoms with Crippen LogP contribution in [0.2, 0.25) is 5.02 Å². The first kappa shape index (κ1) is 31.5. The summed E-state index contributed by atoms with van der Waals surface area (Å²) in [5.74, 6) is -1.22. The SMILES string of the molecule is C=CCNC(=O)c1ccc(N(CC(=O)C2=C(OCc3ccccc3)C(C)(Cl)N(NC)c3ccc(Cl)cc32)C(=O)C=C)cn1. The van der Waals surface area contributed by atoms with Crippen molar-refractivity contribution in [3.05, 3.63) is 120 Å². The second-order valence-corrected chi connectivity index (χ2v) is 10.8. The highest BCUT2D eigenvalue weighted by Gasteiger charge is 2.45. The molecule has 2 N–H and O–H groups in total. The minimum absolute atomic E-state index is 0.136. The number of hydrogen-bond donors (Lipinski definition) is 2. The van der Waals surface area contributed by atoms with Gasteiger partial charge in [0.2, 0.25) is 0 Å². The summed E-state index contributed by atoms with van der Waals surface area (Å²) in [7, 11) is 1.71. The second kappa shape index (κ2) is 13.7. The third-order valence-electron chi connectivity index (χ3n) is 6.70. The molecule has 1 aliphatic rings. The van der Waals surface area contributed by atoms with Gasteiger partial charge < -0.3 is 10.1 Å². The van der Waals surface area contributed by atoms with Crippen LogP contribution in [-0.4, -0.2) is 47.7 Å². The number of carbonyl (C=O) groups is 3. The summed E-state index contributed by atoms with van der Waals surface area (Å²) in [6.45, 7) is 8.88. The summed E-state index contributed by atoms with van der Waals surface area (Å²) in [6, 6.07) is 17.6. The number of anilines is 2. The number of halogens is 2. The van der Waals surface area contributed by atoms with E-state index in [-0.39, 0.29) is 30.2 Å². The van der Waals surface area contributed by atoms with E-state index in [0.717, 1.165) is 11.6 Å². The molecule has 11 heteroatoms. The lowest BCUT2D eigenvalue weighted by molar-refractivity contribution is -0.117. The van der Waals surface area contributed by atoms with Crippen LogP contribution in [0.5, 0.6) is 0 Å². The molecule has 0 radical (unpaired) electrons. The molecule has 43 heavy (non-hydrogen) atoms. The number of pyridine rings is 1. The van der Waals surface area contributed by atoms with Crippen LogP contribution in [0.4, 0.5) is 11.4 Å². The maximum absolute atomic E-state index is 14.3. The molecule has 1 atom stereocenters. The van der Waals surface area contributed by atoms with Crippen molar-refractivity contribution in [1.29, 1.82) is 0 Å². The Morgan fingerprint density at radius 1 is 1.12 bits per heavy atom. The topological polar surface area (TPSA) is 104 Å². The van der Waals surface area contributed by atoms with Gasteiger partial charge in [0.25, 0.3) is 11.8 Å². The molecule has 1 unspecified atom stereocenters. The average molecular weight is 621 g/mol. The highest BCUT2D eigenvalue weighted by atomic mass is 35.5. The Bertz CT molecular complexity index is 1570. The molecular weight excluding hydrogens is 589 g/mol. The molecule has 0 aliphatic carbocycles. The molecule has 0 saturated heterocycles. The molecular formula is C32H31Cl2N5O4. The first-order chi connectivity index (χ1) is 20.6. The van der Waals surface area contributed by atoms with Crippen molar-refractivity contribution in [1.82, 2.24) is 15.7 Å². The molecule has 0 saturated carbocycles. The van der Waals surface area contributed by atoms with Crippen LogP contribution in [0.25, 0.3) is 5.57 Å². The number of nitrogens with zero attached hydrogens (tertiary/aromatic N) is 3. The lowest BCUT2D eigenvalue weighted by Crippen LogP contribution is -2.54. The summed E-state index contributed by atoms with van der Waals surface area (Å²) < 4.78 is 6.31. The highest BCUT2D eigenvalue weighted by Crippen LogP contribution is 2.46. The van der Waals surface area contributed by atoms with Gasteiger partial charge in [-0.1, -0.05) is 66.2 Å². The van der Waals surface area contributed by atoms with E-state index in [9.17, 15) is 14.4 Å². The summed E-state index contributed by atoms with van der Waals surface area (Å²) in [6.07, 6.45) is 3.99. The largest absolute Gasteiger partial charge is 0.489 e. The number of fused-ring (bicyclic) bond motifs is 1. The van der Waals surface area contributed by atoms with E-state index in [1.165, 1.54) is 23.2 Å². The number of Topliss-reactive ketones (excluding diaryl/α,β-unsaturated/α-hetero) is 1. The van der Waals surface area contributed by atoms with Gasteiger partial charge in [-0.25, -0.2) is 10.4 Å². The Morgan fingerprint density at radius 3 is 2.49 bits per heavy atom. The number of nitrogens with one attached hydrogen (secondary N) is 2. The minimum atomic E-state index is -1.34. The number of hydrazine groups is 1. The Labute approximate surface area is 260 Å². The van der Waals surface area contributed by atoms with E-state index in [1.807, 2.05) is 30.3 Å². The number of ketones is 1. The zero-order chi connectivity index (χ0) is 31.1. The van der Waals surface area contributed by atoms with Gasteiger partial charge in [-0.15, -0.1) is 6.58 Å². The maximum atomic E-state index is 14.3. The smallest absolute Gasteiger partial charge is 0.270 e. The van der Waals surface area contributed by atoms with Gasteiger partial charge in [0.15, 0.2) is 16.5 Å². The molecule has 4 rings (SSSR count). The van der Waals surface area contributed by atoms with Crippen molar-refractivity contribution < 1.29 is 19.1 Å². The number of aromatic nitrogens is 1. The third-order valence-corrected chi connectivity index (χ3v) is 7.28. The van der Waals surface area contributed by atoms with Crippen molar-refractivity contribution in [2.45, 2.75) is 18.5 Å².